The summed E-state index contributed by atoms with van der Waals surface area (Å²) >= 11 is 0. The van der Waals surface area contributed by atoms with Crippen molar-refractivity contribution in [1.29, 1.82) is 0 Å². The van der Waals surface area contributed by atoms with Gasteiger partial charge in [0.25, 0.3) is 0 Å². The van der Waals surface area contributed by atoms with Crippen LogP contribution in [0.2, 0.25) is 0 Å². The number of rotatable bonds is 9. The Labute approximate surface area is 113 Å². The highest BCUT2D eigenvalue weighted by Crippen LogP contribution is 2.29. The third-order valence-electron chi connectivity index (χ3n) is 2.69. The van der Waals surface area contributed by atoms with Gasteiger partial charge in [0.1, 0.15) is 19.5 Å². The van der Waals surface area contributed by atoms with E-state index < -0.39 is 0 Å². The van der Waals surface area contributed by atoms with E-state index in [1.807, 2.05) is 25.1 Å². The molecule has 5 nitrogen and oxygen atoms in total. The van der Waals surface area contributed by atoms with Gasteiger partial charge in [-0.3, -0.25) is 0 Å². The van der Waals surface area contributed by atoms with E-state index in [-0.39, 0.29) is 6.10 Å². The van der Waals surface area contributed by atoms with E-state index in [0.717, 1.165) is 17.9 Å². The molecule has 0 radical (unpaired) electrons. The van der Waals surface area contributed by atoms with Gasteiger partial charge in [-0.25, -0.2) is 0 Å². The predicted molar refractivity (Wildman–Crippen MR) is 69.5 cm³/mol. The highest BCUT2D eigenvalue weighted by atomic mass is 16.7. The standard InChI is InChI=1S/C14H20O5/c1-3-16-10-17-7-11-4-5-13(14(6-11)15-2)19-9-12-8-18-12/h4-6,12H,3,7-10H2,1-2H3. The van der Waals surface area contributed by atoms with Crippen molar-refractivity contribution >= 4 is 0 Å². The topological polar surface area (TPSA) is 49.5 Å². The molecule has 0 aliphatic carbocycles. The number of methoxy groups -OCH3 is 1. The van der Waals surface area contributed by atoms with E-state index in [2.05, 4.69) is 0 Å². The fourth-order valence-corrected chi connectivity index (χ4v) is 1.57. The first-order valence-corrected chi connectivity index (χ1v) is 6.40. The maximum atomic E-state index is 5.63. The molecule has 1 aliphatic heterocycles. The summed E-state index contributed by atoms with van der Waals surface area (Å²) in [5.74, 6) is 1.43. The predicted octanol–water partition coefficient (Wildman–Crippen LogP) is 1.98. The summed E-state index contributed by atoms with van der Waals surface area (Å²) < 4.78 is 26.5. The highest BCUT2D eigenvalue weighted by Gasteiger charge is 2.23. The molecule has 2 rings (SSSR count). The second kappa shape index (κ2) is 7.33. The van der Waals surface area contributed by atoms with E-state index in [9.17, 15) is 0 Å². The van der Waals surface area contributed by atoms with Gasteiger partial charge >= 0.3 is 0 Å². The van der Waals surface area contributed by atoms with Gasteiger partial charge in [0.2, 0.25) is 0 Å². The van der Waals surface area contributed by atoms with Crippen LogP contribution in [0, 0.1) is 0 Å². The maximum absolute atomic E-state index is 5.63. The molecule has 1 aliphatic rings. The zero-order valence-electron chi connectivity index (χ0n) is 11.4. The molecule has 0 N–H and O–H groups in total. The minimum Gasteiger partial charge on any atom is -0.493 e. The van der Waals surface area contributed by atoms with Crippen molar-refractivity contribution in [2.75, 3.05) is 33.7 Å². The molecule has 0 aromatic heterocycles. The van der Waals surface area contributed by atoms with Crippen molar-refractivity contribution in [3.8, 4) is 11.5 Å². The van der Waals surface area contributed by atoms with E-state index in [0.29, 0.717) is 32.4 Å². The largest absolute Gasteiger partial charge is 0.493 e. The van der Waals surface area contributed by atoms with Gasteiger partial charge in [0, 0.05) is 6.61 Å². The van der Waals surface area contributed by atoms with Crippen molar-refractivity contribution in [2.24, 2.45) is 0 Å². The summed E-state index contributed by atoms with van der Waals surface area (Å²) in [4.78, 5) is 0. The average molecular weight is 268 g/mol. The van der Waals surface area contributed by atoms with Gasteiger partial charge in [0.05, 0.1) is 20.3 Å². The molecular formula is C14H20O5. The van der Waals surface area contributed by atoms with Crippen molar-refractivity contribution in [1.82, 2.24) is 0 Å². The fourth-order valence-electron chi connectivity index (χ4n) is 1.57. The average Bonchev–Trinajstić information content (AvgIpc) is 3.26. The number of benzene rings is 1. The molecule has 1 atom stereocenters. The Hall–Kier alpha value is -1.30. The smallest absolute Gasteiger partial charge is 0.161 e. The normalized spacial score (nSPS) is 17.3. The van der Waals surface area contributed by atoms with Gasteiger partial charge in [-0.05, 0) is 24.6 Å². The Morgan fingerprint density at radius 2 is 2.11 bits per heavy atom. The number of ether oxygens (including phenoxy) is 5. The molecule has 0 bridgehead atoms. The van der Waals surface area contributed by atoms with Crippen molar-refractivity contribution < 1.29 is 23.7 Å². The van der Waals surface area contributed by atoms with E-state index >= 15 is 0 Å². The Morgan fingerprint density at radius 3 is 2.79 bits per heavy atom. The van der Waals surface area contributed by atoms with Crippen LogP contribution in [-0.2, 0) is 20.8 Å². The van der Waals surface area contributed by atoms with Crippen LogP contribution in [0.15, 0.2) is 18.2 Å². The molecule has 0 amide bonds. The maximum Gasteiger partial charge on any atom is 0.161 e. The number of hydrogen-bond donors (Lipinski definition) is 0. The van der Waals surface area contributed by atoms with Gasteiger partial charge in [-0.1, -0.05) is 6.07 Å². The van der Waals surface area contributed by atoms with Gasteiger partial charge in [-0.15, -0.1) is 0 Å². The van der Waals surface area contributed by atoms with Gasteiger partial charge in [0.15, 0.2) is 11.5 Å². The summed E-state index contributed by atoms with van der Waals surface area (Å²) in [5, 5.41) is 0. The lowest BCUT2D eigenvalue weighted by molar-refractivity contribution is -0.0571. The first-order chi connectivity index (χ1) is 9.33. The second-order valence-corrected chi connectivity index (χ2v) is 4.21. The molecule has 1 aromatic carbocycles. The molecule has 1 fully saturated rings. The molecule has 1 aromatic rings. The molecule has 106 valence electrons. The van der Waals surface area contributed by atoms with Crippen LogP contribution in [0.3, 0.4) is 0 Å². The van der Waals surface area contributed by atoms with E-state index in [1.54, 1.807) is 7.11 Å². The SMILES string of the molecule is CCOCOCc1ccc(OCC2CO2)c(OC)c1. The molecule has 19 heavy (non-hydrogen) atoms. The molecule has 1 saturated heterocycles. The number of epoxide rings is 1. The van der Waals surface area contributed by atoms with Crippen LogP contribution in [0.1, 0.15) is 12.5 Å². The van der Waals surface area contributed by atoms with Crippen LogP contribution >= 0.6 is 0 Å². The number of hydrogen-bond acceptors (Lipinski definition) is 5. The molecule has 1 heterocycles. The zero-order chi connectivity index (χ0) is 13.5. The summed E-state index contributed by atoms with van der Waals surface area (Å²) in [6, 6.07) is 5.76. The van der Waals surface area contributed by atoms with Crippen molar-refractivity contribution in [2.45, 2.75) is 19.6 Å². The minimum atomic E-state index is 0.235. The molecule has 0 saturated carbocycles. The van der Waals surface area contributed by atoms with Crippen LogP contribution < -0.4 is 9.47 Å². The van der Waals surface area contributed by atoms with E-state index in [1.165, 1.54) is 0 Å². The summed E-state index contributed by atoms with van der Waals surface area (Å²) in [5.41, 5.74) is 1.02. The van der Waals surface area contributed by atoms with Crippen LogP contribution in [0.5, 0.6) is 11.5 Å². The van der Waals surface area contributed by atoms with Crippen molar-refractivity contribution in [3.05, 3.63) is 23.8 Å². The fraction of sp³-hybridized carbons (Fsp3) is 0.571. The Balaban J connectivity index is 1.86. The van der Waals surface area contributed by atoms with Crippen molar-refractivity contribution in [3.63, 3.8) is 0 Å². The van der Waals surface area contributed by atoms with Crippen LogP contribution in [0.4, 0.5) is 0 Å². The second-order valence-electron chi connectivity index (χ2n) is 4.21. The van der Waals surface area contributed by atoms with Gasteiger partial charge < -0.3 is 23.7 Å². The van der Waals surface area contributed by atoms with Crippen LogP contribution in [0.25, 0.3) is 0 Å². The lowest BCUT2D eigenvalue weighted by atomic mass is 10.2. The zero-order valence-corrected chi connectivity index (χ0v) is 11.4. The molecular weight excluding hydrogens is 248 g/mol. The summed E-state index contributed by atoms with van der Waals surface area (Å²) in [6.07, 6.45) is 0.235. The quantitative estimate of drug-likeness (QED) is 0.389. The summed E-state index contributed by atoms with van der Waals surface area (Å²) in [7, 11) is 1.63. The Bertz CT molecular complexity index is 389. The lowest BCUT2D eigenvalue weighted by Gasteiger charge is -2.11. The highest BCUT2D eigenvalue weighted by molar-refractivity contribution is 5.42. The monoisotopic (exact) mass is 268 g/mol. The first kappa shape index (κ1) is 14.1. The lowest BCUT2D eigenvalue weighted by Crippen LogP contribution is -2.05. The van der Waals surface area contributed by atoms with Gasteiger partial charge in [-0.2, -0.15) is 0 Å². The first-order valence-electron chi connectivity index (χ1n) is 6.40. The van der Waals surface area contributed by atoms with Crippen LogP contribution in [-0.4, -0.2) is 39.8 Å². The Morgan fingerprint density at radius 1 is 1.26 bits per heavy atom. The summed E-state index contributed by atoms with van der Waals surface area (Å²) in [6.45, 7) is 4.72. The molecule has 1 unspecified atom stereocenters. The Kier molecular flexibility index (Phi) is 5.44. The minimum absolute atomic E-state index is 0.235. The third-order valence-corrected chi connectivity index (χ3v) is 2.69. The van der Waals surface area contributed by atoms with E-state index in [4.69, 9.17) is 23.7 Å². The molecule has 5 heteroatoms. The third kappa shape index (κ3) is 4.70. The molecule has 0 spiro atoms.